The molecule has 5 nitrogen and oxygen atoms in total. The van der Waals surface area contributed by atoms with Crippen LogP contribution in [0, 0.1) is 11.7 Å². The molecular weight excluding hydrogens is 391 g/mol. The number of sulfonamides is 1. The van der Waals surface area contributed by atoms with Gasteiger partial charge in [0.25, 0.3) is 0 Å². The highest BCUT2D eigenvalue weighted by atomic mass is 32.2. The van der Waals surface area contributed by atoms with Crippen molar-refractivity contribution in [2.45, 2.75) is 37.5 Å². The summed E-state index contributed by atoms with van der Waals surface area (Å²) in [5.41, 5.74) is 1.95. The molecule has 1 saturated heterocycles. The second kappa shape index (κ2) is 8.63. The number of halogens is 1. The smallest absolute Gasteiger partial charge is 0.243 e. The van der Waals surface area contributed by atoms with Gasteiger partial charge in [0, 0.05) is 25.8 Å². The molecule has 0 saturated carbocycles. The number of carbonyl (C=O) groups is 1. The molecule has 0 aromatic heterocycles. The molecule has 0 N–H and O–H groups in total. The van der Waals surface area contributed by atoms with Gasteiger partial charge >= 0.3 is 0 Å². The van der Waals surface area contributed by atoms with Crippen LogP contribution in [0.15, 0.2) is 53.4 Å². The monoisotopic (exact) mass is 418 g/mol. The van der Waals surface area contributed by atoms with Crippen molar-refractivity contribution < 1.29 is 17.6 Å². The summed E-state index contributed by atoms with van der Waals surface area (Å²) < 4.78 is 40.3. The van der Waals surface area contributed by atoms with E-state index >= 15 is 0 Å². The SMILES string of the molecule is CC(C)c1cccc(N(C)C(=O)C2CCCN(S(=O)(=O)c3ccc(F)cc3)C2)c1. The molecular formula is C22H27FN2O3S. The van der Waals surface area contributed by atoms with E-state index in [1.165, 1.54) is 16.4 Å². The van der Waals surface area contributed by atoms with Crippen molar-refractivity contribution in [3.05, 3.63) is 59.9 Å². The summed E-state index contributed by atoms with van der Waals surface area (Å²) in [5.74, 6) is -0.637. The first kappa shape index (κ1) is 21.5. The molecule has 2 aromatic rings. The van der Waals surface area contributed by atoms with Gasteiger partial charge in [0.15, 0.2) is 0 Å². The Bertz CT molecular complexity index is 974. The molecule has 1 heterocycles. The molecule has 3 rings (SSSR count). The van der Waals surface area contributed by atoms with Crippen LogP contribution in [0.25, 0.3) is 0 Å². The summed E-state index contributed by atoms with van der Waals surface area (Å²) in [7, 11) is -2.03. The van der Waals surface area contributed by atoms with Gasteiger partial charge in [-0.05, 0) is 60.7 Å². The molecule has 0 spiro atoms. The molecule has 0 aliphatic carbocycles. The van der Waals surface area contributed by atoms with Crippen molar-refractivity contribution in [3.8, 4) is 0 Å². The van der Waals surface area contributed by atoms with E-state index in [0.717, 1.165) is 23.4 Å². The van der Waals surface area contributed by atoms with E-state index in [4.69, 9.17) is 0 Å². The number of rotatable bonds is 5. The standard InChI is InChI=1S/C22H27FN2O3S/c1-16(2)17-6-4-8-20(14-17)24(3)22(26)18-7-5-13-25(15-18)29(27,28)21-11-9-19(23)10-12-21/h4,6,8-12,14,16,18H,5,7,13,15H2,1-3H3. The van der Waals surface area contributed by atoms with Crippen molar-refractivity contribution >= 4 is 21.6 Å². The van der Waals surface area contributed by atoms with Gasteiger partial charge in [0.2, 0.25) is 15.9 Å². The number of nitrogens with zero attached hydrogens (tertiary/aromatic N) is 2. The number of hydrogen-bond acceptors (Lipinski definition) is 3. The molecule has 0 bridgehead atoms. The van der Waals surface area contributed by atoms with Crippen molar-refractivity contribution in [3.63, 3.8) is 0 Å². The first-order valence-electron chi connectivity index (χ1n) is 9.83. The van der Waals surface area contributed by atoms with Gasteiger partial charge in [0.1, 0.15) is 5.82 Å². The maximum Gasteiger partial charge on any atom is 0.243 e. The molecule has 1 fully saturated rings. The van der Waals surface area contributed by atoms with Crippen LogP contribution < -0.4 is 4.90 Å². The molecule has 1 aliphatic heterocycles. The number of piperidine rings is 1. The fraction of sp³-hybridized carbons (Fsp3) is 0.409. The Morgan fingerprint density at radius 3 is 2.52 bits per heavy atom. The van der Waals surface area contributed by atoms with Crippen LogP contribution in [0.3, 0.4) is 0 Å². The van der Waals surface area contributed by atoms with Gasteiger partial charge in [0.05, 0.1) is 10.8 Å². The second-order valence-electron chi connectivity index (χ2n) is 7.80. The predicted octanol–water partition coefficient (Wildman–Crippen LogP) is 4.01. The summed E-state index contributed by atoms with van der Waals surface area (Å²) in [6.45, 7) is 4.68. The topological polar surface area (TPSA) is 57.7 Å². The minimum atomic E-state index is -3.76. The highest BCUT2D eigenvalue weighted by Crippen LogP contribution is 2.27. The van der Waals surface area contributed by atoms with Crippen LogP contribution in [0.2, 0.25) is 0 Å². The summed E-state index contributed by atoms with van der Waals surface area (Å²) in [6.07, 6.45) is 1.25. The Morgan fingerprint density at radius 2 is 1.86 bits per heavy atom. The number of hydrogen-bond donors (Lipinski definition) is 0. The zero-order valence-corrected chi connectivity index (χ0v) is 17.8. The van der Waals surface area contributed by atoms with Crippen LogP contribution in [0.1, 0.15) is 38.2 Å². The largest absolute Gasteiger partial charge is 0.315 e. The van der Waals surface area contributed by atoms with Crippen LogP contribution in [-0.4, -0.2) is 38.8 Å². The predicted molar refractivity (Wildman–Crippen MR) is 112 cm³/mol. The van der Waals surface area contributed by atoms with Crippen molar-refractivity contribution in [1.29, 1.82) is 0 Å². The lowest BCUT2D eigenvalue weighted by atomic mass is 9.97. The first-order valence-corrected chi connectivity index (χ1v) is 11.3. The molecule has 29 heavy (non-hydrogen) atoms. The van der Waals surface area contributed by atoms with E-state index in [-0.39, 0.29) is 17.3 Å². The molecule has 1 amide bonds. The summed E-state index contributed by atoms with van der Waals surface area (Å²) in [6, 6.07) is 12.6. The lowest BCUT2D eigenvalue weighted by Crippen LogP contribution is -2.46. The number of carbonyl (C=O) groups excluding carboxylic acids is 1. The molecule has 7 heteroatoms. The van der Waals surface area contributed by atoms with E-state index in [1.807, 2.05) is 24.3 Å². The van der Waals surface area contributed by atoms with Crippen LogP contribution in [0.4, 0.5) is 10.1 Å². The third-order valence-corrected chi connectivity index (χ3v) is 7.32. The molecule has 2 aromatic carbocycles. The normalized spacial score (nSPS) is 18.0. The van der Waals surface area contributed by atoms with Crippen LogP contribution in [-0.2, 0) is 14.8 Å². The third-order valence-electron chi connectivity index (χ3n) is 5.44. The third kappa shape index (κ3) is 4.67. The van der Waals surface area contributed by atoms with Gasteiger partial charge in [-0.2, -0.15) is 4.31 Å². The average Bonchev–Trinajstić information content (AvgIpc) is 2.73. The van der Waals surface area contributed by atoms with E-state index in [2.05, 4.69) is 13.8 Å². The van der Waals surface area contributed by atoms with Crippen molar-refractivity contribution in [2.75, 3.05) is 25.0 Å². The van der Waals surface area contributed by atoms with Gasteiger partial charge in [-0.15, -0.1) is 0 Å². The Kier molecular flexibility index (Phi) is 6.39. The molecule has 1 atom stereocenters. The maximum absolute atomic E-state index is 13.2. The van der Waals surface area contributed by atoms with Gasteiger partial charge in [-0.3, -0.25) is 4.79 Å². The van der Waals surface area contributed by atoms with Gasteiger partial charge in [-0.1, -0.05) is 26.0 Å². The van der Waals surface area contributed by atoms with E-state index in [0.29, 0.717) is 25.3 Å². The zero-order chi connectivity index (χ0) is 21.2. The average molecular weight is 419 g/mol. The number of anilines is 1. The minimum absolute atomic E-state index is 0.0463. The maximum atomic E-state index is 13.2. The lowest BCUT2D eigenvalue weighted by Gasteiger charge is -2.33. The fourth-order valence-electron chi connectivity index (χ4n) is 3.61. The lowest BCUT2D eigenvalue weighted by molar-refractivity contribution is -0.123. The van der Waals surface area contributed by atoms with E-state index in [1.54, 1.807) is 11.9 Å². The molecule has 1 aliphatic rings. The van der Waals surface area contributed by atoms with Gasteiger partial charge in [-0.25, -0.2) is 12.8 Å². The first-order chi connectivity index (χ1) is 13.7. The van der Waals surface area contributed by atoms with Crippen LogP contribution >= 0.6 is 0 Å². The Morgan fingerprint density at radius 1 is 1.17 bits per heavy atom. The van der Waals surface area contributed by atoms with Gasteiger partial charge < -0.3 is 4.90 Å². The van der Waals surface area contributed by atoms with Crippen molar-refractivity contribution in [1.82, 2.24) is 4.31 Å². The van der Waals surface area contributed by atoms with E-state index < -0.39 is 21.8 Å². The Balaban J connectivity index is 1.77. The summed E-state index contributed by atoms with van der Waals surface area (Å²) in [5, 5.41) is 0. The van der Waals surface area contributed by atoms with E-state index in [9.17, 15) is 17.6 Å². The fourth-order valence-corrected chi connectivity index (χ4v) is 5.14. The Hall–Kier alpha value is -2.25. The van der Waals surface area contributed by atoms with Crippen molar-refractivity contribution in [2.24, 2.45) is 5.92 Å². The number of benzene rings is 2. The van der Waals surface area contributed by atoms with Crippen LogP contribution in [0.5, 0.6) is 0 Å². The summed E-state index contributed by atoms with van der Waals surface area (Å²) in [4.78, 5) is 14.8. The Labute approximate surface area is 172 Å². The molecule has 156 valence electrons. The number of amides is 1. The quantitative estimate of drug-likeness (QED) is 0.737. The molecule has 1 unspecified atom stereocenters. The molecule has 0 radical (unpaired) electrons. The second-order valence-corrected chi connectivity index (χ2v) is 9.74. The summed E-state index contributed by atoms with van der Waals surface area (Å²) >= 11 is 0. The highest BCUT2D eigenvalue weighted by Gasteiger charge is 2.34. The zero-order valence-electron chi connectivity index (χ0n) is 17.0. The highest BCUT2D eigenvalue weighted by molar-refractivity contribution is 7.89. The minimum Gasteiger partial charge on any atom is -0.315 e.